The van der Waals surface area contributed by atoms with Gasteiger partial charge in [0.2, 0.25) is 0 Å². The fourth-order valence-electron chi connectivity index (χ4n) is 2.76. The maximum Gasteiger partial charge on any atom is 0.186 e. The van der Waals surface area contributed by atoms with E-state index in [1.807, 2.05) is 0 Å². The molecule has 3 rings (SSSR count). The number of nitrogens with zero attached hydrogens (tertiary/aromatic N) is 1. The van der Waals surface area contributed by atoms with E-state index in [1.54, 1.807) is 0 Å². The second-order valence-corrected chi connectivity index (χ2v) is 6.35. The van der Waals surface area contributed by atoms with Crippen molar-refractivity contribution in [3.05, 3.63) is 88.2 Å². The molecular weight excluding hydrogens is 361 g/mol. The molecule has 0 aliphatic carbocycles. The summed E-state index contributed by atoms with van der Waals surface area (Å²) >= 11 is 0. The van der Waals surface area contributed by atoms with Crippen LogP contribution in [0.3, 0.4) is 0 Å². The van der Waals surface area contributed by atoms with Gasteiger partial charge in [-0.3, -0.25) is 0 Å². The van der Waals surface area contributed by atoms with Crippen LogP contribution in [0, 0.1) is 49.9 Å². The van der Waals surface area contributed by atoms with E-state index < -0.39 is 34.8 Å². The zero-order valence-corrected chi connectivity index (χ0v) is 14.9. The first-order valence-corrected chi connectivity index (χ1v) is 8.17. The minimum atomic E-state index is -1.44. The van der Waals surface area contributed by atoms with Crippen LogP contribution in [0.2, 0.25) is 0 Å². The molecule has 0 atom stereocenters. The molecule has 0 aliphatic rings. The van der Waals surface area contributed by atoms with Gasteiger partial charge in [-0.2, -0.15) is 0 Å². The van der Waals surface area contributed by atoms with Crippen molar-refractivity contribution in [2.45, 2.75) is 20.8 Å². The molecule has 0 spiro atoms. The van der Waals surface area contributed by atoms with E-state index in [-0.39, 0.29) is 16.9 Å². The number of rotatable bonds is 3. The standard InChI is InChI=1S/C21H16F5N/c1-11-4-6-14(9-16(11)22)27(15-7-5-12(2)17(23)10-15)21-18(24)8-13(3)19(25)20(21)26/h4-10H,1-3H3. The molecule has 0 aliphatic heterocycles. The maximum absolute atomic E-state index is 14.7. The summed E-state index contributed by atoms with van der Waals surface area (Å²) in [6.07, 6.45) is 0. The van der Waals surface area contributed by atoms with Gasteiger partial charge in [-0.25, -0.2) is 22.0 Å². The Morgan fingerprint density at radius 1 is 0.556 bits per heavy atom. The highest BCUT2D eigenvalue weighted by atomic mass is 19.2. The predicted octanol–water partition coefficient (Wildman–Crippen LogP) is 6.78. The third-order valence-electron chi connectivity index (χ3n) is 4.37. The summed E-state index contributed by atoms with van der Waals surface area (Å²) in [4.78, 5) is 0.957. The minimum absolute atomic E-state index is 0.0300. The molecule has 0 radical (unpaired) electrons. The smallest absolute Gasteiger partial charge is 0.186 e. The third kappa shape index (κ3) is 3.39. The number of anilines is 3. The van der Waals surface area contributed by atoms with Gasteiger partial charge in [-0.1, -0.05) is 12.1 Å². The van der Waals surface area contributed by atoms with Crippen LogP contribution in [0.25, 0.3) is 0 Å². The minimum Gasteiger partial charge on any atom is -0.305 e. The Labute approximate surface area is 153 Å². The molecule has 6 heteroatoms. The van der Waals surface area contributed by atoms with E-state index >= 15 is 0 Å². The molecule has 1 nitrogen and oxygen atoms in total. The molecule has 0 heterocycles. The largest absolute Gasteiger partial charge is 0.305 e. The third-order valence-corrected chi connectivity index (χ3v) is 4.37. The molecule has 0 bridgehead atoms. The summed E-state index contributed by atoms with van der Waals surface area (Å²) < 4.78 is 71.6. The lowest BCUT2D eigenvalue weighted by atomic mass is 10.1. The molecule has 0 unspecified atom stereocenters. The lowest BCUT2D eigenvalue weighted by molar-refractivity contribution is 0.491. The zero-order chi connectivity index (χ0) is 19.9. The molecule has 0 saturated carbocycles. The topological polar surface area (TPSA) is 3.24 Å². The van der Waals surface area contributed by atoms with Crippen molar-refractivity contribution in [1.29, 1.82) is 0 Å². The predicted molar refractivity (Wildman–Crippen MR) is 95.1 cm³/mol. The van der Waals surface area contributed by atoms with E-state index in [9.17, 15) is 22.0 Å². The Balaban J connectivity index is 2.33. The molecule has 0 fully saturated rings. The van der Waals surface area contributed by atoms with Crippen LogP contribution in [0.1, 0.15) is 16.7 Å². The van der Waals surface area contributed by atoms with Gasteiger partial charge >= 0.3 is 0 Å². The molecule has 0 aromatic heterocycles. The SMILES string of the molecule is Cc1ccc(N(c2ccc(C)c(F)c2)c2c(F)cc(C)c(F)c2F)cc1F. The van der Waals surface area contributed by atoms with Crippen LogP contribution in [0.4, 0.5) is 39.0 Å². The molecule has 27 heavy (non-hydrogen) atoms. The Morgan fingerprint density at radius 2 is 1.04 bits per heavy atom. The lowest BCUT2D eigenvalue weighted by Gasteiger charge is -2.27. The summed E-state index contributed by atoms with van der Waals surface area (Å²) in [6.45, 7) is 4.29. The van der Waals surface area contributed by atoms with Gasteiger partial charge in [0.25, 0.3) is 0 Å². The highest BCUT2D eigenvalue weighted by Crippen LogP contribution is 2.40. The molecule has 140 valence electrons. The fraction of sp³-hybridized carbons (Fsp3) is 0.143. The van der Waals surface area contributed by atoms with Crippen molar-refractivity contribution in [2.75, 3.05) is 4.90 Å². The van der Waals surface area contributed by atoms with Crippen molar-refractivity contribution >= 4 is 17.1 Å². The first-order chi connectivity index (χ1) is 12.7. The van der Waals surface area contributed by atoms with E-state index in [2.05, 4.69) is 0 Å². The van der Waals surface area contributed by atoms with E-state index in [0.717, 1.165) is 23.1 Å². The van der Waals surface area contributed by atoms with Crippen molar-refractivity contribution in [3.63, 3.8) is 0 Å². The van der Waals surface area contributed by atoms with Gasteiger partial charge in [0, 0.05) is 11.4 Å². The lowest BCUT2D eigenvalue weighted by Crippen LogP contribution is -2.16. The van der Waals surface area contributed by atoms with Gasteiger partial charge in [-0.05, 0) is 67.8 Å². The summed E-state index contributed by atoms with van der Waals surface area (Å²) in [6, 6.07) is 8.65. The number of hydrogen-bond donors (Lipinski definition) is 0. The first kappa shape index (κ1) is 18.9. The van der Waals surface area contributed by atoms with E-state index in [0.29, 0.717) is 11.1 Å². The van der Waals surface area contributed by atoms with Crippen LogP contribution < -0.4 is 4.90 Å². The second kappa shape index (κ2) is 7.02. The fourth-order valence-corrected chi connectivity index (χ4v) is 2.76. The molecule has 0 amide bonds. The van der Waals surface area contributed by atoms with Gasteiger partial charge in [0.05, 0.1) is 0 Å². The van der Waals surface area contributed by atoms with Crippen LogP contribution in [-0.2, 0) is 0 Å². The van der Waals surface area contributed by atoms with Crippen molar-refractivity contribution in [3.8, 4) is 0 Å². The maximum atomic E-state index is 14.7. The quantitative estimate of drug-likeness (QED) is 0.359. The number of benzene rings is 3. The monoisotopic (exact) mass is 377 g/mol. The number of hydrogen-bond acceptors (Lipinski definition) is 1. The van der Waals surface area contributed by atoms with Gasteiger partial charge in [-0.15, -0.1) is 0 Å². The first-order valence-electron chi connectivity index (χ1n) is 8.17. The Morgan fingerprint density at radius 3 is 1.48 bits per heavy atom. The van der Waals surface area contributed by atoms with Crippen LogP contribution in [0.15, 0.2) is 42.5 Å². The van der Waals surface area contributed by atoms with Crippen LogP contribution in [0.5, 0.6) is 0 Å². The van der Waals surface area contributed by atoms with Crippen LogP contribution >= 0.6 is 0 Å². The molecular formula is C21H16F5N. The number of aryl methyl sites for hydroxylation is 3. The molecule has 3 aromatic carbocycles. The second-order valence-electron chi connectivity index (χ2n) is 6.35. The van der Waals surface area contributed by atoms with E-state index in [4.69, 9.17) is 0 Å². The summed E-state index contributed by atoms with van der Waals surface area (Å²) in [5, 5.41) is 0. The normalized spacial score (nSPS) is 11.0. The Bertz CT molecular complexity index is 978. The molecule has 3 aromatic rings. The van der Waals surface area contributed by atoms with Gasteiger partial charge in [0.1, 0.15) is 17.3 Å². The summed E-state index contributed by atoms with van der Waals surface area (Å²) in [5.74, 6) is -4.93. The zero-order valence-electron chi connectivity index (χ0n) is 14.9. The highest BCUT2D eigenvalue weighted by molar-refractivity contribution is 5.77. The highest BCUT2D eigenvalue weighted by Gasteiger charge is 2.25. The summed E-state index contributed by atoms with van der Waals surface area (Å²) in [7, 11) is 0. The van der Waals surface area contributed by atoms with E-state index in [1.165, 1.54) is 45.0 Å². The Hall–Kier alpha value is -2.89. The van der Waals surface area contributed by atoms with Crippen molar-refractivity contribution in [2.24, 2.45) is 0 Å². The average molecular weight is 377 g/mol. The average Bonchev–Trinajstić information content (AvgIpc) is 2.62. The van der Waals surface area contributed by atoms with Gasteiger partial charge < -0.3 is 4.90 Å². The molecule has 0 saturated heterocycles. The van der Waals surface area contributed by atoms with Gasteiger partial charge in [0.15, 0.2) is 17.5 Å². The Kier molecular flexibility index (Phi) is 4.91. The van der Waals surface area contributed by atoms with Crippen molar-refractivity contribution < 1.29 is 22.0 Å². The van der Waals surface area contributed by atoms with Crippen molar-refractivity contribution in [1.82, 2.24) is 0 Å². The summed E-state index contributed by atoms with van der Waals surface area (Å²) in [5.41, 5.74) is -0.247. The van der Waals surface area contributed by atoms with Crippen LogP contribution in [-0.4, -0.2) is 0 Å². The molecule has 0 N–H and O–H groups in total. The number of halogens is 5.